The molecule has 0 saturated heterocycles. The van der Waals surface area contributed by atoms with Crippen LogP contribution in [0.2, 0.25) is 10.2 Å². The summed E-state index contributed by atoms with van der Waals surface area (Å²) < 4.78 is 13.0. The van der Waals surface area contributed by atoms with Crippen molar-refractivity contribution in [2.45, 2.75) is 12.5 Å². The number of ether oxygens (including phenoxy) is 2. The fourth-order valence-electron chi connectivity index (χ4n) is 3.04. The minimum atomic E-state index is -1.15. The predicted molar refractivity (Wildman–Crippen MR) is 111 cm³/mol. The van der Waals surface area contributed by atoms with Crippen LogP contribution in [0, 0.1) is 0 Å². The molecule has 0 bridgehead atoms. The Hall–Kier alpha value is -2.88. The third-order valence-electron chi connectivity index (χ3n) is 4.44. The van der Waals surface area contributed by atoms with Gasteiger partial charge in [-0.25, -0.2) is 9.48 Å². The summed E-state index contributed by atoms with van der Waals surface area (Å²) in [5, 5.41) is 17.9. The van der Waals surface area contributed by atoms with Crippen molar-refractivity contribution >= 4 is 29.2 Å². The molecule has 0 aliphatic heterocycles. The van der Waals surface area contributed by atoms with Gasteiger partial charge in [0.2, 0.25) is 0 Å². The van der Waals surface area contributed by atoms with Gasteiger partial charge >= 0.3 is 5.97 Å². The number of pyridine rings is 1. The van der Waals surface area contributed by atoms with Crippen LogP contribution in [-0.4, -0.2) is 51.5 Å². The number of carbonyl (C=O) groups is 1. The highest BCUT2D eigenvalue weighted by molar-refractivity contribution is 6.31. The summed E-state index contributed by atoms with van der Waals surface area (Å²) in [5.41, 5.74) is 0.993. The second kappa shape index (κ2) is 9.29. The number of benzene rings is 1. The minimum Gasteiger partial charge on any atom is -0.495 e. The van der Waals surface area contributed by atoms with E-state index in [0.717, 1.165) is 4.57 Å². The molecular formula is C19H18Cl2N4O5. The first-order valence-electron chi connectivity index (χ1n) is 8.75. The number of aromatic nitrogens is 4. The molecule has 11 heteroatoms. The van der Waals surface area contributed by atoms with Gasteiger partial charge in [-0.2, -0.15) is 0 Å². The zero-order chi connectivity index (χ0) is 21.8. The zero-order valence-corrected chi connectivity index (χ0v) is 17.6. The molecule has 0 spiro atoms. The van der Waals surface area contributed by atoms with Gasteiger partial charge in [-0.15, -0.1) is 5.10 Å². The van der Waals surface area contributed by atoms with E-state index in [0.29, 0.717) is 21.8 Å². The molecular weight excluding hydrogens is 435 g/mol. The summed E-state index contributed by atoms with van der Waals surface area (Å²) >= 11 is 12.1. The molecule has 2 heterocycles. The third-order valence-corrected chi connectivity index (χ3v) is 4.85. The number of methoxy groups -OCH3 is 2. The van der Waals surface area contributed by atoms with Crippen molar-refractivity contribution < 1.29 is 19.4 Å². The summed E-state index contributed by atoms with van der Waals surface area (Å²) in [6.45, 7) is 0.180. The largest absolute Gasteiger partial charge is 0.495 e. The van der Waals surface area contributed by atoms with Crippen LogP contribution in [0.1, 0.15) is 12.5 Å². The molecule has 1 unspecified atom stereocenters. The van der Waals surface area contributed by atoms with Crippen molar-refractivity contribution in [3.63, 3.8) is 0 Å². The predicted octanol–water partition coefficient (Wildman–Crippen LogP) is 3.07. The zero-order valence-electron chi connectivity index (χ0n) is 16.1. The van der Waals surface area contributed by atoms with Gasteiger partial charge in [0, 0.05) is 42.4 Å². The number of carboxylic acid groups (broad SMARTS) is 1. The highest BCUT2D eigenvalue weighted by Crippen LogP contribution is 2.35. The number of aliphatic carboxylic acids is 1. The lowest BCUT2D eigenvalue weighted by atomic mass is 10.0. The molecule has 0 fully saturated rings. The van der Waals surface area contributed by atoms with Crippen molar-refractivity contribution in [3.8, 4) is 22.6 Å². The first-order valence-corrected chi connectivity index (χ1v) is 9.51. The Kier molecular flexibility index (Phi) is 6.76. The molecule has 0 saturated carbocycles. The van der Waals surface area contributed by atoms with Gasteiger partial charge in [0.1, 0.15) is 11.8 Å². The standard InChI is InChI=1S/C19H18Cl2N4O5/c1-29-6-5-15(19(27)28)24-9-16(30-2)13(8-18(24)26)12-7-11(20)3-4-14(12)25-10-17(21)22-23-25/h3-4,7-10,15H,5-6H2,1-2H3,(H,27,28). The van der Waals surface area contributed by atoms with E-state index in [2.05, 4.69) is 10.3 Å². The Labute approximate surface area is 181 Å². The number of halogens is 2. The molecule has 30 heavy (non-hydrogen) atoms. The second-order valence-corrected chi connectivity index (χ2v) is 7.11. The molecule has 3 aromatic rings. The molecule has 3 rings (SSSR count). The van der Waals surface area contributed by atoms with Crippen LogP contribution in [0.25, 0.3) is 16.8 Å². The fraction of sp³-hybridized carbons (Fsp3) is 0.263. The molecule has 1 N–H and O–H groups in total. The summed E-state index contributed by atoms with van der Waals surface area (Å²) in [4.78, 5) is 24.5. The summed E-state index contributed by atoms with van der Waals surface area (Å²) in [6, 6.07) is 5.21. The van der Waals surface area contributed by atoms with Gasteiger partial charge in [-0.3, -0.25) is 9.36 Å². The highest BCUT2D eigenvalue weighted by atomic mass is 35.5. The summed E-state index contributed by atoms with van der Waals surface area (Å²) in [5.74, 6) is -0.863. The van der Waals surface area contributed by atoms with Gasteiger partial charge in [0.05, 0.1) is 25.2 Å². The topological polar surface area (TPSA) is 108 Å². The molecule has 1 atom stereocenters. The molecule has 158 valence electrons. The van der Waals surface area contributed by atoms with Crippen molar-refractivity contribution in [2.75, 3.05) is 20.8 Å². The molecule has 0 aliphatic rings. The smallest absolute Gasteiger partial charge is 0.326 e. The van der Waals surface area contributed by atoms with Crippen LogP contribution in [-0.2, 0) is 9.53 Å². The molecule has 0 radical (unpaired) electrons. The third kappa shape index (κ3) is 4.48. The van der Waals surface area contributed by atoms with Gasteiger partial charge in [0.15, 0.2) is 5.15 Å². The maximum Gasteiger partial charge on any atom is 0.326 e. The monoisotopic (exact) mass is 452 g/mol. The highest BCUT2D eigenvalue weighted by Gasteiger charge is 2.23. The summed E-state index contributed by atoms with van der Waals surface area (Å²) in [6.07, 6.45) is 2.99. The maximum absolute atomic E-state index is 12.8. The molecule has 0 amide bonds. The molecule has 1 aromatic carbocycles. The summed E-state index contributed by atoms with van der Waals surface area (Å²) in [7, 11) is 2.89. The van der Waals surface area contributed by atoms with Crippen LogP contribution in [0.4, 0.5) is 0 Å². The van der Waals surface area contributed by atoms with E-state index in [1.54, 1.807) is 18.2 Å². The Morgan fingerprint density at radius 2 is 1.97 bits per heavy atom. The number of hydrogen-bond donors (Lipinski definition) is 1. The van der Waals surface area contributed by atoms with E-state index in [1.807, 2.05) is 0 Å². The number of nitrogens with zero attached hydrogens (tertiary/aromatic N) is 4. The Morgan fingerprint density at radius 1 is 1.20 bits per heavy atom. The molecule has 0 aliphatic carbocycles. The lowest BCUT2D eigenvalue weighted by Gasteiger charge is -2.19. The fourth-order valence-corrected chi connectivity index (χ4v) is 3.34. The second-order valence-electron chi connectivity index (χ2n) is 6.28. The first kappa shape index (κ1) is 21.8. The Balaban J connectivity index is 2.19. The van der Waals surface area contributed by atoms with E-state index in [-0.39, 0.29) is 23.9 Å². The number of hydrogen-bond acceptors (Lipinski definition) is 6. The molecule has 9 nitrogen and oxygen atoms in total. The quantitative estimate of drug-likeness (QED) is 0.559. The normalized spacial score (nSPS) is 12.0. The van der Waals surface area contributed by atoms with Crippen LogP contribution in [0.15, 0.2) is 41.5 Å². The van der Waals surface area contributed by atoms with E-state index in [9.17, 15) is 14.7 Å². The van der Waals surface area contributed by atoms with E-state index < -0.39 is 17.6 Å². The van der Waals surface area contributed by atoms with E-state index in [4.69, 9.17) is 32.7 Å². The van der Waals surface area contributed by atoms with Crippen molar-refractivity contribution in [3.05, 3.63) is 57.2 Å². The van der Waals surface area contributed by atoms with Crippen LogP contribution >= 0.6 is 23.2 Å². The Morgan fingerprint density at radius 3 is 2.57 bits per heavy atom. The van der Waals surface area contributed by atoms with Crippen molar-refractivity contribution in [1.29, 1.82) is 0 Å². The lowest BCUT2D eigenvalue weighted by Crippen LogP contribution is -2.30. The molecule has 2 aromatic heterocycles. The average Bonchev–Trinajstić information content (AvgIpc) is 3.14. The van der Waals surface area contributed by atoms with Crippen LogP contribution < -0.4 is 10.3 Å². The van der Waals surface area contributed by atoms with E-state index >= 15 is 0 Å². The maximum atomic E-state index is 12.8. The van der Waals surface area contributed by atoms with Crippen LogP contribution in [0.5, 0.6) is 5.75 Å². The van der Waals surface area contributed by atoms with E-state index in [1.165, 1.54) is 37.4 Å². The minimum absolute atomic E-state index is 0.119. The Bertz CT molecular complexity index is 1130. The van der Waals surface area contributed by atoms with Gasteiger partial charge in [0.25, 0.3) is 5.56 Å². The first-order chi connectivity index (χ1) is 14.3. The van der Waals surface area contributed by atoms with Crippen LogP contribution in [0.3, 0.4) is 0 Å². The van der Waals surface area contributed by atoms with Crippen molar-refractivity contribution in [2.24, 2.45) is 0 Å². The number of carboxylic acids is 1. The van der Waals surface area contributed by atoms with Gasteiger partial charge in [-0.05, 0) is 18.2 Å². The average molecular weight is 453 g/mol. The van der Waals surface area contributed by atoms with Gasteiger partial charge < -0.3 is 14.6 Å². The van der Waals surface area contributed by atoms with Crippen molar-refractivity contribution in [1.82, 2.24) is 19.6 Å². The lowest BCUT2D eigenvalue weighted by molar-refractivity contribution is -0.141. The SMILES string of the molecule is COCCC(C(=O)O)n1cc(OC)c(-c2cc(Cl)ccc2-n2cc(Cl)nn2)cc1=O. The van der Waals surface area contributed by atoms with Gasteiger partial charge in [-0.1, -0.05) is 28.4 Å². The number of rotatable bonds is 8.